The maximum Gasteiger partial charge on any atom is 0.242 e. The van der Waals surface area contributed by atoms with E-state index >= 15 is 0 Å². The first kappa shape index (κ1) is 10.3. The molecule has 80 valence electrons. The Hall–Kier alpha value is -0.250. The Balaban J connectivity index is 1.70. The van der Waals surface area contributed by atoms with Gasteiger partial charge in [0, 0.05) is 22.3 Å². The van der Waals surface area contributed by atoms with Crippen LogP contribution in [0.3, 0.4) is 0 Å². The fraction of sp³-hybridized carbons (Fsp3) is 0.800. The van der Waals surface area contributed by atoms with Gasteiger partial charge in [-0.25, -0.2) is 8.78 Å². The van der Waals surface area contributed by atoms with Crippen molar-refractivity contribution in [3.8, 4) is 0 Å². The molecule has 2 atom stereocenters. The van der Waals surface area contributed by atoms with Crippen molar-refractivity contribution in [3.05, 3.63) is 12.3 Å². The molecule has 0 bridgehead atoms. The third-order valence-corrected chi connectivity index (χ3v) is 4.26. The zero-order chi connectivity index (χ0) is 10.3. The Morgan fingerprint density at radius 3 is 2.64 bits per heavy atom. The van der Waals surface area contributed by atoms with Gasteiger partial charge in [-0.15, -0.1) is 0 Å². The molecule has 0 aromatic rings. The summed E-state index contributed by atoms with van der Waals surface area (Å²) >= 11 is 1.64. The molecule has 2 aliphatic carbocycles. The zero-order valence-corrected chi connectivity index (χ0v) is 9.04. The molecule has 0 spiro atoms. The van der Waals surface area contributed by atoms with Crippen LogP contribution in [0.2, 0.25) is 0 Å². The Morgan fingerprint density at radius 2 is 2.21 bits per heavy atom. The second-order valence-corrected chi connectivity index (χ2v) is 5.91. The fourth-order valence-corrected chi connectivity index (χ4v) is 2.27. The van der Waals surface area contributed by atoms with Gasteiger partial charge in [-0.1, -0.05) is 6.58 Å². The number of nitrogens with one attached hydrogen (secondary N) is 1. The quantitative estimate of drug-likeness (QED) is 0.713. The number of rotatable bonds is 5. The summed E-state index contributed by atoms with van der Waals surface area (Å²) in [5.41, 5.74) is 0.786. The van der Waals surface area contributed by atoms with Crippen molar-refractivity contribution >= 4 is 11.9 Å². The van der Waals surface area contributed by atoms with Crippen LogP contribution < -0.4 is 4.72 Å². The highest BCUT2D eigenvalue weighted by molar-refractivity contribution is 7.99. The van der Waals surface area contributed by atoms with Crippen molar-refractivity contribution in [2.75, 3.05) is 0 Å². The molecule has 4 heteroatoms. The molecule has 0 saturated heterocycles. The highest BCUT2D eigenvalue weighted by atomic mass is 32.2. The molecule has 2 unspecified atom stereocenters. The molecule has 0 radical (unpaired) electrons. The standard InChI is InChI=1S/C10H15F2NS/c1-6(7-5-8(7)9(11)12)13-14-10(2)3-4-10/h7-9,13H,1,3-5H2,2H3. The minimum absolute atomic E-state index is 0.00449. The molecule has 14 heavy (non-hydrogen) atoms. The van der Waals surface area contributed by atoms with E-state index in [0.717, 1.165) is 5.70 Å². The third-order valence-electron chi connectivity index (χ3n) is 2.99. The minimum Gasteiger partial charge on any atom is -0.333 e. The monoisotopic (exact) mass is 219 g/mol. The molecule has 0 aromatic heterocycles. The van der Waals surface area contributed by atoms with Gasteiger partial charge in [-0.3, -0.25) is 0 Å². The summed E-state index contributed by atoms with van der Waals surface area (Å²) in [4.78, 5) is 0. The largest absolute Gasteiger partial charge is 0.333 e. The van der Waals surface area contributed by atoms with Crippen LogP contribution in [0.15, 0.2) is 12.3 Å². The van der Waals surface area contributed by atoms with Crippen LogP contribution in [-0.4, -0.2) is 11.2 Å². The predicted octanol–water partition coefficient (Wildman–Crippen LogP) is 3.19. The van der Waals surface area contributed by atoms with Crippen molar-refractivity contribution in [2.24, 2.45) is 11.8 Å². The first-order chi connectivity index (χ1) is 6.52. The summed E-state index contributed by atoms with van der Waals surface area (Å²) in [6, 6.07) is 0. The Kier molecular flexibility index (Phi) is 2.50. The van der Waals surface area contributed by atoms with Gasteiger partial charge in [0.05, 0.1) is 0 Å². The van der Waals surface area contributed by atoms with E-state index in [1.165, 1.54) is 12.8 Å². The van der Waals surface area contributed by atoms with E-state index in [1.807, 2.05) is 0 Å². The van der Waals surface area contributed by atoms with E-state index in [1.54, 1.807) is 11.9 Å². The van der Waals surface area contributed by atoms with Gasteiger partial charge >= 0.3 is 0 Å². The summed E-state index contributed by atoms with van der Waals surface area (Å²) in [6.07, 6.45) is 0.836. The van der Waals surface area contributed by atoms with Crippen molar-refractivity contribution < 1.29 is 8.78 Å². The van der Waals surface area contributed by atoms with Crippen LogP contribution in [0.25, 0.3) is 0 Å². The van der Waals surface area contributed by atoms with Crippen molar-refractivity contribution in [2.45, 2.75) is 37.4 Å². The van der Waals surface area contributed by atoms with Gasteiger partial charge in [0.1, 0.15) is 0 Å². The maximum atomic E-state index is 12.2. The number of alkyl halides is 2. The third kappa shape index (κ3) is 2.22. The lowest BCUT2D eigenvalue weighted by atomic mass is 10.3. The molecule has 1 N–H and O–H groups in total. The summed E-state index contributed by atoms with van der Waals surface area (Å²) in [5, 5.41) is 0. The molecule has 0 heterocycles. The van der Waals surface area contributed by atoms with E-state index in [0.29, 0.717) is 11.2 Å². The molecular weight excluding hydrogens is 204 g/mol. The van der Waals surface area contributed by atoms with Gasteiger partial charge in [0.2, 0.25) is 6.43 Å². The number of hydrogen-bond acceptors (Lipinski definition) is 2. The van der Waals surface area contributed by atoms with Crippen molar-refractivity contribution in [1.82, 2.24) is 4.72 Å². The first-order valence-corrected chi connectivity index (χ1v) is 5.74. The number of allylic oxidation sites excluding steroid dienone is 1. The normalized spacial score (nSPS) is 32.9. The molecule has 2 saturated carbocycles. The summed E-state index contributed by atoms with van der Waals surface area (Å²) < 4.78 is 27.9. The summed E-state index contributed by atoms with van der Waals surface area (Å²) in [5.74, 6) is -0.438. The summed E-state index contributed by atoms with van der Waals surface area (Å²) in [6.45, 7) is 5.99. The van der Waals surface area contributed by atoms with Crippen molar-refractivity contribution in [3.63, 3.8) is 0 Å². The van der Waals surface area contributed by atoms with Gasteiger partial charge < -0.3 is 4.72 Å². The average Bonchev–Trinajstić information content (AvgIpc) is 2.95. The van der Waals surface area contributed by atoms with Crippen LogP contribution in [0.1, 0.15) is 26.2 Å². The molecule has 2 rings (SSSR count). The molecule has 2 aliphatic rings. The molecular formula is C10H15F2NS. The van der Waals surface area contributed by atoms with E-state index in [9.17, 15) is 8.78 Å². The highest BCUT2D eigenvalue weighted by Crippen LogP contribution is 2.50. The molecule has 2 fully saturated rings. The van der Waals surface area contributed by atoms with Crippen LogP contribution in [0, 0.1) is 11.8 Å². The first-order valence-electron chi connectivity index (χ1n) is 4.93. The maximum absolute atomic E-state index is 12.2. The second kappa shape index (κ2) is 3.40. The van der Waals surface area contributed by atoms with Gasteiger partial charge in [-0.2, -0.15) is 0 Å². The molecule has 0 amide bonds. The lowest BCUT2D eigenvalue weighted by Crippen LogP contribution is -2.12. The predicted molar refractivity (Wildman–Crippen MR) is 55.1 cm³/mol. The zero-order valence-electron chi connectivity index (χ0n) is 8.22. The molecule has 1 nitrogen and oxygen atoms in total. The summed E-state index contributed by atoms with van der Waals surface area (Å²) in [7, 11) is 0. The second-order valence-electron chi connectivity index (χ2n) is 4.52. The topological polar surface area (TPSA) is 12.0 Å². The van der Waals surface area contributed by atoms with E-state index in [2.05, 4.69) is 18.2 Å². The van der Waals surface area contributed by atoms with E-state index in [4.69, 9.17) is 0 Å². The van der Waals surface area contributed by atoms with E-state index in [-0.39, 0.29) is 5.92 Å². The molecule has 0 aliphatic heterocycles. The molecule has 0 aromatic carbocycles. The minimum atomic E-state index is -2.18. The lowest BCUT2D eigenvalue weighted by molar-refractivity contribution is 0.118. The van der Waals surface area contributed by atoms with Crippen LogP contribution in [0.5, 0.6) is 0 Å². The van der Waals surface area contributed by atoms with Gasteiger partial charge in [0.15, 0.2) is 0 Å². The van der Waals surface area contributed by atoms with Crippen LogP contribution >= 0.6 is 11.9 Å². The van der Waals surface area contributed by atoms with Crippen LogP contribution in [-0.2, 0) is 0 Å². The fourth-order valence-electron chi connectivity index (χ4n) is 1.44. The Morgan fingerprint density at radius 1 is 1.57 bits per heavy atom. The van der Waals surface area contributed by atoms with Gasteiger partial charge in [-0.05, 0) is 38.1 Å². The Labute approximate surface area is 87.5 Å². The average molecular weight is 219 g/mol. The smallest absolute Gasteiger partial charge is 0.242 e. The highest BCUT2D eigenvalue weighted by Gasteiger charge is 2.46. The van der Waals surface area contributed by atoms with E-state index < -0.39 is 12.3 Å². The number of halogens is 2. The lowest BCUT2D eigenvalue weighted by Gasteiger charge is -2.12. The Bertz CT molecular complexity index is 251. The number of hydrogen-bond donors (Lipinski definition) is 1. The van der Waals surface area contributed by atoms with Gasteiger partial charge in [0.25, 0.3) is 0 Å². The van der Waals surface area contributed by atoms with Crippen molar-refractivity contribution in [1.29, 1.82) is 0 Å². The van der Waals surface area contributed by atoms with Crippen LogP contribution in [0.4, 0.5) is 8.78 Å². The SMILES string of the molecule is C=C(NSC1(C)CC1)C1CC1C(F)F.